The van der Waals surface area contributed by atoms with E-state index < -0.39 is 0 Å². The fourth-order valence-corrected chi connectivity index (χ4v) is 4.77. The highest BCUT2D eigenvalue weighted by atomic mass is 35.5. The van der Waals surface area contributed by atoms with Crippen molar-refractivity contribution in [2.45, 2.75) is 31.7 Å². The van der Waals surface area contributed by atoms with E-state index in [1.165, 1.54) is 44.5 Å². The molecule has 2 aliphatic heterocycles. The van der Waals surface area contributed by atoms with E-state index in [4.69, 9.17) is 16.6 Å². The number of aromatic nitrogens is 2. The minimum atomic E-state index is 0.741. The number of nitrogens with zero attached hydrogens (tertiary/aromatic N) is 3. The van der Waals surface area contributed by atoms with Crippen molar-refractivity contribution >= 4 is 28.3 Å². The first-order valence-electron chi connectivity index (χ1n) is 10.0. The first-order chi connectivity index (χ1) is 13.3. The maximum atomic E-state index is 6.52. The number of halogens is 1. The quantitative estimate of drug-likeness (QED) is 0.698. The number of para-hydroxylation sites is 2. The minimum Gasteiger partial charge on any atom is -0.371 e. The van der Waals surface area contributed by atoms with Crippen molar-refractivity contribution < 1.29 is 0 Å². The molecule has 140 valence electrons. The van der Waals surface area contributed by atoms with Crippen molar-refractivity contribution in [2.75, 3.05) is 31.1 Å². The van der Waals surface area contributed by atoms with Crippen molar-refractivity contribution in [1.82, 2.24) is 14.9 Å². The molecule has 3 aromatic rings. The second-order valence-corrected chi connectivity index (χ2v) is 8.14. The van der Waals surface area contributed by atoms with E-state index in [1.54, 1.807) is 0 Å². The molecule has 0 saturated carbocycles. The number of imidazole rings is 1. The van der Waals surface area contributed by atoms with Gasteiger partial charge in [0.15, 0.2) is 0 Å². The van der Waals surface area contributed by atoms with Crippen LogP contribution in [0.1, 0.15) is 25.7 Å². The van der Waals surface area contributed by atoms with Gasteiger partial charge in [-0.3, -0.25) is 0 Å². The highest BCUT2D eigenvalue weighted by molar-refractivity contribution is 6.33. The number of rotatable bonds is 3. The van der Waals surface area contributed by atoms with Crippen LogP contribution in [0.2, 0.25) is 5.02 Å². The van der Waals surface area contributed by atoms with Gasteiger partial charge in [-0.15, -0.1) is 0 Å². The molecule has 2 aromatic carbocycles. The molecular formula is C22H25ClN4. The molecule has 0 aliphatic carbocycles. The van der Waals surface area contributed by atoms with Gasteiger partial charge in [0.2, 0.25) is 0 Å². The smallest absolute Gasteiger partial charge is 0.140 e. The molecule has 4 nitrogen and oxygen atoms in total. The summed E-state index contributed by atoms with van der Waals surface area (Å²) in [5.74, 6) is 0.843. The molecule has 5 rings (SSSR count). The molecule has 0 bridgehead atoms. The predicted molar refractivity (Wildman–Crippen MR) is 113 cm³/mol. The van der Waals surface area contributed by atoms with E-state index in [0.29, 0.717) is 0 Å². The number of hydrogen-bond donors (Lipinski definition) is 1. The highest BCUT2D eigenvalue weighted by Crippen LogP contribution is 2.33. The van der Waals surface area contributed by atoms with Crippen LogP contribution in [0.5, 0.6) is 0 Å². The zero-order valence-electron chi connectivity index (χ0n) is 15.5. The second kappa shape index (κ2) is 7.17. The van der Waals surface area contributed by atoms with Crippen LogP contribution in [0.3, 0.4) is 0 Å². The Morgan fingerprint density at radius 3 is 2.52 bits per heavy atom. The van der Waals surface area contributed by atoms with Gasteiger partial charge in [0.1, 0.15) is 5.82 Å². The van der Waals surface area contributed by atoms with E-state index in [1.807, 2.05) is 30.3 Å². The summed E-state index contributed by atoms with van der Waals surface area (Å²) in [7, 11) is 0. The lowest BCUT2D eigenvalue weighted by molar-refractivity contribution is 0.208. The van der Waals surface area contributed by atoms with Crippen LogP contribution in [0, 0.1) is 0 Å². The summed E-state index contributed by atoms with van der Waals surface area (Å²) in [6.07, 6.45) is 5.25. The van der Waals surface area contributed by atoms with Gasteiger partial charge in [-0.2, -0.15) is 0 Å². The number of hydrogen-bond acceptors (Lipinski definition) is 3. The fraction of sp³-hybridized carbons (Fsp3) is 0.409. The van der Waals surface area contributed by atoms with E-state index in [2.05, 4.69) is 26.9 Å². The summed E-state index contributed by atoms with van der Waals surface area (Å²) < 4.78 is 0. The fourth-order valence-electron chi connectivity index (χ4n) is 4.57. The third-order valence-corrected chi connectivity index (χ3v) is 6.41. The van der Waals surface area contributed by atoms with Crippen molar-refractivity contribution in [2.24, 2.45) is 0 Å². The van der Waals surface area contributed by atoms with Gasteiger partial charge in [-0.1, -0.05) is 23.7 Å². The Bertz CT molecular complexity index is 903. The monoisotopic (exact) mass is 380 g/mol. The van der Waals surface area contributed by atoms with Crippen molar-refractivity contribution in [3.05, 3.63) is 47.5 Å². The lowest BCUT2D eigenvalue weighted by atomic mass is 10.0. The normalized spacial score (nSPS) is 19.2. The van der Waals surface area contributed by atoms with E-state index in [9.17, 15) is 0 Å². The van der Waals surface area contributed by atoms with Gasteiger partial charge in [-0.25, -0.2) is 4.98 Å². The number of fused-ring (bicyclic) bond motifs is 1. The predicted octanol–water partition coefficient (Wildman–Crippen LogP) is 4.95. The molecule has 0 radical (unpaired) electrons. The molecule has 1 aromatic heterocycles. The molecule has 27 heavy (non-hydrogen) atoms. The standard InChI is InChI=1S/C22H25ClN4/c23-19-8-7-17(27-13-9-16(10-14-27)26-11-3-4-12-26)15-18(19)22-24-20-5-1-2-6-21(20)25-22/h1-2,5-8,15-16H,3-4,9-14H2,(H,24,25). The highest BCUT2D eigenvalue weighted by Gasteiger charge is 2.26. The largest absolute Gasteiger partial charge is 0.371 e. The van der Waals surface area contributed by atoms with Crippen LogP contribution in [-0.2, 0) is 0 Å². The van der Waals surface area contributed by atoms with Crippen LogP contribution in [-0.4, -0.2) is 47.1 Å². The number of anilines is 1. The second-order valence-electron chi connectivity index (χ2n) is 7.73. The SMILES string of the molecule is Clc1ccc(N2CCC(N3CCCC3)CC2)cc1-c1nc2ccccc2[nH]1. The van der Waals surface area contributed by atoms with Crippen LogP contribution in [0.25, 0.3) is 22.4 Å². The molecule has 0 atom stereocenters. The van der Waals surface area contributed by atoms with Crippen molar-refractivity contribution in [1.29, 1.82) is 0 Å². The number of piperidine rings is 1. The van der Waals surface area contributed by atoms with Crippen LogP contribution in [0.4, 0.5) is 5.69 Å². The number of H-pyrrole nitrogens is 1. The lowest BCUT2D eigenvalue weighted by Gasteiger charge is -2.38. The van der Waals surface area contributed by atoms with Crippen LogP contribution in [0.15, 0.2) is 42.5 Å². The summed E-state index contributed by atoms with van der Waals surface area (Å²) >= 11 is 6.52. The summed E-state index contributed by atoms with van der Waals surface area (Å²) in [6.45, 7) is 4.81. The van der Waals surface area contributed by atoms with Crippen LogP contribution < -0.4 is 4.90 Å². The Morgan fingerprint density at radius 2 is 1.74 bits per heavy atom. The van der Waals surface area contributed by atoms with Gasteiger partial charge >= 0.3 is 0 Å². The molecule has 5 heteroatoms. The third kappa shape index (κ3) is 3.32. The van der Waals surface area contributed by atoms with Gasteiger partial charge in [0.25, 0.3) is 0 Å². The summed E-state index contributed by atoms with van der Waals surface area (Å²) in [4.78, 5) is 13.3. The average molecular weight is 381 g/mol. The maximum absolute atomic E-state index is 6.52. The maximum Gasteiger partial charge on any atom is 0.140 e. The molecule has 0 amide bonds. The molecular weight excluding hydrogens is 356 g/mol. The topological polar surface area (TPSA) is 35.2 Å². The van der Waals surface area contributed by atoms with E-state index >= 15 is 0 Å². The Morgan fingerprint density at radius 1 is 0.963 bits per heavy atom. The molecule has 2 saturated heterocycles. The van der Waals surface area contributed by atoms with Crippen LogP contribution >= 0.6 is 11.6 Å². The average Bonchev–Trinajstić information content (AvgIpc) is 3.38. The van der Waals surface area contributed by atoms with Crippen molar-refractivity contribution in [3.8, 4) is 11.4 Å². The van der Waals surface area contributed by atoms with Crippen molar-refractivity contribution in [3.63, 3.8) is 0 Å². The van der Waals surface area contributed by atoms with E-state index in [0.717, 1.165) is 46.6 Å². The summed E-state index contributed by atoms with van der Waals surface area (Å²) in [5, 5.41) is 0.741. The van der Waals surface area contributed by atoms with E-state index in [-0.39, 0.29) is 0 Å². The molecule has 3 heterocycles. The Kier molecular flexibility index (Phi) is 4.54. The molecule has 2 aliphatic rings. The molecule has 1 N–H and O–H groups in total. The Labute approximate surface area is 165 Å². The molecule has 2 fully saturated rings. The zero-order valence-corrected chi connectivity index (χ0v) is 16.3. The number of benzene rings is 2. The third-order valence-electron chi connectivity index (χ3n) is 6.08. The van der Waals surface area contributed by atoms with Gasteiger partial charge in [0, 0.05) is 30.4 Å². The lowest BCUT2D eigenvalue weighted by Crippen LogP contribution is -2.43. The zero-order chi connectivity index (χ0) is 18.2. The van der Waals surface area contributed by atoms with Gasteiger partial charge < -0.3 is 14.8 Å². The van der Waals surface area contributed by atoms with Gasteiger partial charge in [-0.05, 0) is 69.1 Å². The number of nitrogens with one attached hydrogen (secondary N) is 1. The Hall–Kier alpha value is -2.04. The summed E-state index contributed by atoms with van der Waals surface area (Å²) in [5.41, 5.74) is 4.24. The first kappa shape index (κ1) is 17.1. The minimum absolute atomic E-state index is 0.741. The number of likely N-dealkylation sites (tertiary alicyclic amines) is 1. The molecule has 0 spiro atoms. The summed E-state index contributed by atoms with van der Waals surface area (Å²) in [6, 6.07) is 15.2. The Balaban J connectivity index is 1.37. The first-order valence-corrected chi connectivity index (χ1v) is 10.4. The number of aromatic amines is 1. The molecule has 0 unspecified atom stereocenters. The van der Waals surface area contributed by atoms with Gasteiger partial charge in [0.05, 0.1) is 16.1 Å².